The molecule has 2 aliphatic rings. The van der Waals surface area contributed by atoms with Crippen LogP contribution in [0.5, 0.6) is 0 Å². The number of hydrogen-bond acceptors (Lipinski definition) is 3. The fraction of sp³-hybridized carbons (Fsp3) is 0.348. The molecule has 2 aromatic heterocycles. The van der Waals surface area contributed by atoms with E-state index in [1.165, 1.54) is 0 Å². The normalized spacial score (nSPS) is 23.6. The number of likely N-dealkylation sites (tertiary alicyclic amines) is 2. The topological polar surface area (TPSA) is 58.4 Å². The third-order valence-corrected chi connectivity index (χ3v) is 6.43. The van der Waals surface area contributed by atoms with E-state index in [0.717, 1.165) is 16.6 Å². The smallest absolute Gasteiger partial charge is 0.272 e. The molecule has 0 bridgehead atoms. The minimum absolute atomic E-state index is 0.0244. The van der Waals surface area contributed by atoms with Gasteiger partial charge in [-0.15, -0.1) is 0 Å². The van der Waals surface area contributed by atoms with Gasteiger partial charge in [0.05, 0.1) is 6.04 Å². The summed E-state index contributed by atoms with van der Waals surface area (Å²) in [4.78, 5) is 33.9. The van der Waals surface area contributed by atoms with E-state index in [4.69, 9.17) is 0 Å². The fourth-order valence-corrected chi connectivity index (χ4v) is 5.03. The third kappa shape index (κ3) is 2.90. The highest BCUT2D eigenvalue weighted by atomic mass is 16.2. The highest BCUT2D eigenvalue weighted by Crippen LogP contribution is 2.45. The van der Waals surface area contributed by atoms with E-state index in [1.54, 1.807) is 6.92 Å². The van der Waals surface area contributed by atoms with Crippen molar-refractivity contribution in [3.8, 4) is 0 Å². The second kappa shape index (κ2) is 6.72. The number of carbonyl (C=O) groups is 2. The van der Waals surface area contributed by atoms with E-state index >= 15 is 0 Å². The molecule has 4 heterocycles. The Morgan fingerprint density at radius 3 is 2.55 bits per heavy atom. The Morgan fingerprint density at radius 1 is 1.00 bits per heavy atom. The van der Waals surface area contributed by atoms with Gasteiger partial charge in [0.1, 0.15) is 11.3 Å². The highest BCUT2D eigenvalue weighted by molar-refractivity contribution is 5.94. The Balaban J connectivity index is 1.42. The van der Waals surface area contributed by atoms with Gasteiger partial charge in [0.15, 0.2) is 0 Å². The summed E-state index contributed by atoms with van der Waals surface area (Å²) in [5.74, 6) is 0.626. The first-order valence-electron chi connectivity index (χ1n) is 10.1. The number of pyridine rings is 1. The van der Waals surface area contributed by atoms with Crippen LogP contribution in [0.2, 0.25) is 0 Å². The summed E-state index contributed by atoms with van der Waals surface area (Å²) in [7, 11) is 1.94. The summed E-state index contributed by atoms with van der Waals surface area (Å²) < 4.78 is 1.93. The number of hydrogen-bond donors (Lipinski definition) is 0. The van der Waals surface area contributed by atoms with E-state index in [-0.39, 0.29) is 23.8 Å². The van der Waals surface area contributed by atoms with Crippen LogP contribution in [0.25, 0.3) is 11.0 Å². The molecule has 3 aromatic rings. The van der Waals surface area contributed by atoms with Gasteiger partial charge >= 0.3 is 0 Å². The maximum atomic E-state index is 13.2. The number of aryl methyl sites for hydroxylation is 1. The zero-order chi connectivity index (χ0) is 20.1. The molecule has 148 valence electrons. The average molecular weight is 388 g/mol. The van der Waals surface area contributed by atoms with Gasteiger partial charge in [-0.3, -0.25) is 9.59 Å². The molecular formula is C23H24N4O2. The molecule has 0 unspecified atom stereocenters. The van der Waals surface area contributed by atoms with Crippen LogP contribution in [0.1, 0.15) is 29.0 Å². The first-order chi connectivity index (χ1) is 14.0. The van der Waals surface area contributed by atoms with Crippen molar-refractivity contribution in [3.63, 3.8) is 0 Å². The molecule has 2 saturated heterocycles. The number of benzene rings is 1. The van der Waals surface area contributed by atoms with Crippen molar-refractivity contribution in [2.24, 2.45) is 18.9 Å². The van der Waals surface area contributed by atoms with Crippen LogP contribution in [0.15, 0.2) is 54.7 Å². The summed E-state index contributed by atoms with van der Waals surface area (Å²) in [5.41, 5.74) is 2.45. The van der Waals surface area contributed by atoms with Crippen molar-refractivity contribution >= 4 is 22.8 Å². The molecule has 2 fully saturated rings. The zero-order valence-corrected chi connectivity index (χ0v) is 16.7. The first-order valence-corrected chi connectivity index (χ1v) is 10.1. The van der Waals surface area contributed by atoms with Gasteiger partial charge in [0, 0.05) is 57.0 Å². The van der Waals surface area contributed by atoms with E-state index in [2.05, 4.69) is 17.1 Å². The second-order valence-corrected chi connectivity index (χ2v) is 8.20. The predicted octanol–water partition coefficient (Wildman–Crippen LogP) is 2.86. The second-order valence-electron chi connectivity index (χ2n) is 8.20. The number of rotatable bonds is 2. The van der Waals surface area contributed by atoms with Crippen LogP contribution in [0.3, 0.4) is 0 Å². The summed E-state index contributed by atoms with van der Waals surface area (Å²) in [6.07, 6.45) is 1.95. The van der Waals surface area contributed by atoms with Gasteiger partial charge < -0.3 is 14.4 Å². The Labute approximate surface area is 169 Å². The molecule has 0 N–H and O–H groups in total. The predicted molar refractivity (Wildman–Crippen MR) is 110 cm³/mol. The highest BCUT2D eigenvalue weighted by Gasteiger charge is 2.49. The Morgan fingerprint density at radius 2 is 1.79 bits per heavy atom. The van der Waals surface area contributed by atoms with Crippen LogP contribution in [-0.4, -0.2) is 50.8 Å². The maximum absolute atomic E-state index is 13.2. The fourth-order valence-electron chi connectivity index (χ4n) is 5.03. The van der Waals surface area contributed by atoms with Crippen molar-refractivity contribution in [3.05, 3.63) is 66.0 Å². The minimum Gasteiger partial charge on any atom is -0.337 e. The van der Waals surface area contributed by atoms with Gasteiger partial charge in [-0.1, -0.05) is 30.3 Å². The minimum atomic E-state index is -0.0244. The molecule has 5 rings (SSSR count). The van der Waals surface area contributed by atoms with Gasteiger partial charge in [-0.2, -0.15) is 0 Å². The molecule has 6 heteroatoms. The summed E-state index contributed by atoms with van der Waals surface area (Å²) in [5, 5.41) is 1.03. The van der Waals surface area contributed by atoms with Crippen LogP contribution in [0, 0.1) is 11.8 Å². The third-order valence-electron chi connectivity index (χ3n) is 6.43. The Kier molecular flexibility index (Phi) is 4.15. The largest absolute Gasteiger partial charge is 0.337 e. The van der Waals surface area contributed by atoms with Crippen LogP contribution >= 0.6 is 0 Å². The van der Waals surface area contributed by atoms with E-state index in [1.807, 2.05) is 64.0 Å². The Bertz CT molecular complexity index is 1090. The Hall–Kier alpha value is -3.15. The quantitative estimate of drug-likeness (QED) is 0.678. The number of nitrogens with zero attached hydrogens (tertiary/aromatic N) is 4. The monoisotopic (exact) mass is 388 g/mol. The lowest BCUT2D eigenvalue weighted by Crippen LogP contribution is -2.36. The molecule has 3 atom stereocenters. The summed E-state index contributed by atoms with van der Waals surface area (Å²) in [6, 6.07) is 16.0. The lowest BCUT2D eigenvalue weighted by Gasteiger charge is -2.29. The lowest BCUT2D eigenvalue weighted by molar-refractivity contribution is -0.130. The standard InChI is InChI=1S/C23H24N4O2/c1-15(28)27-13-18-12-26(14-19(18)21(27)16-6-4-3-5-7-16)23(29)20-9-8-17-10-11-25(2)22(17)24-20/h3-11,18-19,21H,12-14H2,1-2H3/t18-,19-,21+/m1/s1. The molecule has 0 spiro atoms. The van der Waals surface area contributed by atoms with Crippen LogP contribution in [0.4, 0.5) is 0 Å². The zero-order valence-electron chi connectivity index (χ0n) is 16.7. The lowest BCUT2D eigenvalue weighted by atomic mass is 9.89. The van der Waals surface area contributed by atoms with E-state index in [0.29, 0.717) is 31.2 Å². The van der Waals surface area contributed by atoms with Crippen molar-refractivity contribution in [2.75, 3.05) is 19.6 Å². The van der Waals surface area contributed by atoms with Crippen molar-refractivity contribution in [1.29, 1.82) is 0 Å². The van der Waals surface area contributed by atoms with Gasteiger partial charge in [-0.05, 0) is 23.8 Å². The number of carbonyl (C=O) groups excluding carboxylic acids is 2. The molecule has 1 aromatic carbocycles. The number of amides is 2. The van der Waals surface area contributed by atoms with Gasteiger partial charge in [-0.25, -0.2) is 4.98 Å². The molecule has 2 aliphatic heterocycles. The van der Waals surface area contributed by atoms with Gasteiger partial charge in [0.25, 0.3) is 5.91 Å². The van der Waals surface area contributed by atoms with Crippen LogP contribution < -0.4 is 0 Å². The molecule has 0 radical (unpaired) electrons. The molecule has 29 heavy (non-hydrogen) atoms. The molecular weight excluding hydrogens is 364 g/mol. The maximum Gasteiger partial charge on any atom is 0.272 e. The molecule has 6 nitrogen and oxygen atoms in total. The van der Waals surface area contributed by atoms with E-state index in [9.17, 15) is 9.59 Å². The van der Waals surface area contributed by atoms with Crippen molar-refractivity contribution in [2.45, 2.75) is 13.0 Å². The molecule has 0 saturated carbocycles. The summed E-state index contributed by atoms with van der Waals surface area (Å²) >= 11 is 0. The SMILES string of the molecule is CC(=O)N1C[C@H]2CN(C(=O)c3ccc4ccn(C)c4n3)C[C@H]2[C@@H]1c1ccccc1. The average Bonchev–Trinajstić information content (AvgIpc) is 3.40. The van der Waals surface area contributed by atoms with Gasteiger partial charge in [0.2, 0.25) is 5.91 Å². The molecule has 2 amide bonds. The number of fused-ring (bicyclic) bond motifs is 2. The van der Waals surface area contributed by atoms with Crippen LogP contribution in [-0.2, 0) is 11.8 Å². The van der Waals surface area contributed by atoms with Crippen molar-refractivity contribution in [1.82, 2.24) is 19.4 Å². The number of aromatic nitrogens is 2. The summed E-state index contributed by atoms with van der Waals surface area (Å²) in [6.45, 7) is 3.66. The van der Waals surface area contributed by atoms with E-state index < -0.39 is 0 Å². The first kappa shape index (κ1) is 17.9. The molecule has 0 aliphatic carbocycles. The van der Waals surface area contributed by atoms with Crippen molar-refractivity contribution < 1.29 is 9.59 Å².